The standard InChI is InChI=1S/C13H22N4O2/c1-4-14-11-7-19-6-10(11)12(18)5-13-15-8-16-17(13)9(2)3/h8-11,14H,4-7H2,1-3H3. The minimum atomic E-state index is -0.0720. The molecule has 1 aliphatic rings. The first kappa shape index (κ1) is 14.1. The van der Waals surface area contributed by atoms with Crippen LogP contribution in [0.4, 0.5) is 0 Å². The molecular formula is C13H22N4O2. The molecule has 1 aliphatic heterocycles. The van der Waals surface area contributed by atoms with Crippen molar-refractivity contribution in [2.24, 2.45) is 5.92 Å². The number of ketones is 1. The molecule has 1 saturated heterocycles. The summed E-state index contributed by atoms with van der Waals surface area (Å²) in [6.45, 7) is 8.06. The van der Waals surface area contributed by atoms with Gasteiger partial charge >= 0.3 is 0 Å². The highest BCUT2D eigenvalue weighted by Crippen LogP contribution is 2.17. The monoisotopic (exact) mass is 266 g/mol. The Morgan fingerprint density at radius 3 is 3.05 bits per heavy atom. The Morgan fingerprint density at radius 2 is 2.37 bits per heavy atom. The zero-order valence-electron chi connectivity index (χ0n) is 11.8. The smallest absolute Gasteiger partial charge is 0.147 e. The van der Waals surface area contributed by atoms with E-state index < -0.39 is 0 Å². The zero-order chi connectivity index (χ0) is 13.8. The summed E-state index contributed by atoms with van der Waals surface area (Å²) in [6, 6.07) is 0.350. The summed E-state index contributed by atoms with van der Waals surface area (Å²) in [7, 11) is 0. The van der Waals surface area contributed by atoms with Crippen molar-refractivity contribution in [3.05, 3.63) is 12.2 Å². The van der Waals surface area contributed by atoms with Crippen molar-refractivity contribution >= 4 is 5.78 Å². The van der Waals surface area contributed by atoms with Crippen LogP contribution in [0.1, 0.15) is 32.6 Å². The van der Waals surface area contributed by atoms with E-state index in [1.54, 1.807) is 4.68 Å². The van der Waals surface area contributed by atoms with Crippen molar-refractivity contribution in [2.75, 3.05) is 19.8 Å². The maximum absolute atomic E-state index is 12.4. The van der Waals surface area contributed by atoms with E-state index in [9.17, 15) is 4.79 Å². The average molecular weight is 266 g/mol. The van der Waals surface area contributed by atoms with E-state index in [2.05, 4.69) is 15.4 Å². The van der Waals surface area contributed by atoms with Gasteiger partial charge in [-0.25, -0.2) is 9.67 Å². The predicted octanol–water partition coefficient (Wildman–Crippen LogP) is 0.595. The van der Waals surface area contributed by atoms with Gasteiger partial charge in [-0.2, -0.15) is 5.10 Å². The van der Waals surface area contributed by atoms with E-state index >= 15 is 0 Å². The molecule has 6 nitrogen and oxygen atoms in total. The summed E-state index contributed by atoms with van der Waals surface area (Å²) in [5, 5.41) is 7.46. The quantitative estimate of drug-likeness (QED) is 0.816. The molecule has 0 aliphatic carbocycles. The number of nitrogens with one attached hydrogen (secondary N) is 1. The number of carbonyl (C=O) groups is 1. The summed E-state index contributed by atoms with van der Waals surface area (Å²) in [5.41, 5.74) is 0. The molecule has 1 N–H and O–H groups in total. The number of ether oxygens (including phenoxy) is 1. The molecule has 2 atom stereocenters. The summed E-state index contributed by atoms with van der Waals surface area (Å²) < 4.78 is 7.22. The van der Waals surface area contributed by atoms with Crippen LogP contribution in [0.2, 0.25) is 0 Å². The molecule has 1 aromatic heterocycles. The molecular weight excluding hydrogens is 244 g/mol. The van der Waals surface area contributed by atoms with E-state index in [1.165, 1.54) is 6.33 Å². The first-order chi connectivity index (χ1) is 9.13. The lowest BCUT2D eigenvalue weighted by Crippen LogP contribution is -2.39. The van der Waals surface area contributed by atoms with Crippen molar-refractivity contribution < 1.29 is 9.53 Å². The molecule has 6 heteroatoms. The Bertz CT molecular complexity index is 430. The van der Waals surface area contributed by atoms with Crippen molar-refractivity contribution in [3.8, 4) is 0 Å². The number of hydrogen-bond donors (Lipinski definition) is 1. The Balaban J connectivity index is 2.02. The highest BCUT2D eigenvalue weighted by atomic mass is 16.5. The number of hydrogen-bond acceptors (Lipinski definition) is 5. The number of likely N-dealkylation sites (N-methyl/N-ethyl adjacent to an activating group) is 1. The lowest BCUT2D eigenvalue weighted by molar-refractivity contribution is -0.122. The van der Waals surface area contributed by atoms with E-state index in [-0.39, 0.29) is 23.8 Å². The first-order valence-electron chi connectivity index (χ1n) is 6.85. The summed E-state index contributed by atoms with van der Waals surface area (Å²) in [6.07, 6.45) is 1.84. The van der Waals surface area contributed by atoms with Crippen molar-refractivity contribution in [1.29, 1.82) is 0 Å². The highest BCUT2D eigenvalue weighted by Gasteiger charge is 2.33. The topological polar surface area (TPSA) is 69.0 Å². The van der Waals surface area contributed by atoms with Crippen LogP contribution in [0.15, 0.2) is 6.33 Å². The lowest BCUT2D eigenvalue weighted by atomic mass is 9.96. The van der Waals surface area contributed by atoms with Gasteiger partial charge in [0.1, 0.15) is 17.9 Å². The van der Waals surface area contributed by atoms with Crippen molar-refractivity contribution in [3.63, 3.8) is 0 Å². The maximum atomic E-state index is 12.4. The van der Waals surface area contributed by atoms with Crippen molar-refractivity contribution in [1.82, 2.24) is 20.1 Å². The fourth-order valence-corrected chi connectivity index (χ4v) is 2.45. The number of carbonyl (C=O) groups excluding carboxylic acids is 1. The second kappa shape index (κ2) is 6.25. The van der Waals surface area contributed by atoms with E-state index in [4.69, 9.17) is 4.74 Å². The molecule has 0 amide bonds. The fourth-order valence-electron chi connectivity index (χ4n) is 2.45. The summed E-state index contributed by atoms with van der Waals surface area (Å²) in [5.74, 6) is 0.845. The van der Waals surface area contributed by atoms with Crippen LogP contribution in [0, 0.1) is 5.92 Å². The van der Waals surface area contributed by atoms with Gasteiger partial charge in [0.2, 0.25) is 0 Å². The van der Waals surface area contributed by atoms with Gasteiger partial charge in [0.25, 0.3) is 0 Å². The normalized spacial score (nSPS) is 23.2. The predicted molar refractivity (Wildman–Crippen MR) is 70.9 cm³/mol. The highest BCUT2D eigenvalue weighted by molar-refractivity contribution is 5.83. The number of aromatic nitrogens is 3. The minimum absolute atomic E-state index is 0.0720. The molecule has 106 valence electrons. The molecule has 1 aromatic rings. The van der Waals surface area contributed by atoms with Gasteiger partial charge in [-0.3, -0.25) is 4.79 Å². The molecule has 0 bridgehead atoms. The van der Waals surface area contributed by atoms with Crippen LogP contribution in [-0.4, -0.2) is 46.3 Å². The molecule has 0 radical (unpaired) electrons. The Hall–Kier alpha value is -1.27. The molecule has 0 saturated carbocycles. The van der Waals surface area contributed by atoms with Crippen LogP contribution >= 0.6 is 0 Å². The van der Waals surface area contributed by atoms with Gasteiger partial charge in [-0.05, 0) is 20.4 Å². The molecule has 2 rings (SSSR count). The molecule has 2 unspecified atom stereocenters. The van der Waals surface area contributed by atoms with Crippen LogP contribution in [0.3, 0.4) is 0 Å². The largest absolute Gasteiger partial charge is 0.379 e. The molecule has 0 aromatic carbocycles. The van der Waals surface area contributed by atoms with Gasteiger partial charge < -0.3 is 10.1 Å². The second-order valence-corrected chi connectivity index (χ2v) is 5.17. The maximum Gasteiger partial charge on any atom is 0.147 e. The van der Waals surface area contributed by atoms with Gasteiger partial charge in [0.05, 0.1) is 25.6 Å². The molecule has 19 heavy (non-hydrogen) atoms. The van der Waals surface area contributed by atoms with Crippen molar-refractivity contribution in [2.45, 2.75) is 39.3 Å². The van der Waals surface area contributed by atoms with Crippen LogP contribution in [-0.2, 0) is 16.0 Å². The van der Waals surface area contributed by atoms with E-state index in [1.807, 2.05) is 20.8 Å². The Morgan fingerprint density at radius 1 is 1.58 bits per heavy atom. The molecule has 2 heterocycles. The van der Waals surface area contributed by atoms with Crippen LogP contribution < -0.4 is 5.32 Å². The van der Waals surface area contributed by atoms with Gasteiger partial charge in [0, 0.05) is 12.1 Å². The van der Waals surface area contributed by atoms with E-state index in [0.29, 0.717) is 19.6 Å². The van der Waals surface area contributed by atoms with Crippen LogP contribution in [0.5, 0.6) is 0 Å². The number of rotatable bonds is 6. The third-order valence-corrected chi connectivity index (χ3v) is 3.43. The van der Waals surface area contributed by atoms with Gasteiger partial charge in [0.15, 0.2) is 0 Å². The van der Waals surface area contributed by atoms with Gasteiger partial charge in [-0.1, -0.05) is 6.92 Å². The van der Waals surface area contributed by atoms with Gasteiger partial charge in [-0.15, -0.1) is 0 Å². The molecule has 1 fully saturated rings. The third kappa shape index (κ3) is 3.19. The summed E-state index contributed by atoms with van der Waals surface area (Å²) in [4.78, 5) is 16.6. The second-order valence-electron chi connectivity index (χ2n) is 5.17. The minimum Gasteiger partial charge on any atom is -0.379 e. The Kier molecular flexibility index (Phi) is 4.66. The lowest BCUT2D eigenvalue weighted by Gasteiger charge is -2.17. The van der Waals surface area contributed by atoms with Crippen LogP contribution in [0.25, 0.3) is 0 Å². The number of Topliss-reactive ketones (excluding diaryl/α,β-unsaturated/α-hetero) is 1. The first-order valence-corrected chi connectivity index (χ1v) is 6.85. The summed E-state index contributed by atoms with van der Waals surface area (Å²) >= 11 is 0. The average Bonchev–Trinajstić information content (AvgIpc) is 2.98. The zero-order valence-corrected chi connectivity index (χ0v) is 11.8. The fraction of sp³-hybridized carbons (Fsp3) is 0.769. The van der Waals surface area contributed by atoms with E-state index in [0.717, 1.165) is 12.4 Å². The third-order valence-electron chi connectivity index (χ3n) is 3.43. The molecule has 0 spiro atoms. The Labute approximate surface area is 113 Å². The number of nitrogens with zero attached hydrogens (tertiary/aromatic N) is 3. The SMILES string of the molecule is CCNC1COCC1C(=O)Cc1ncnn1C(C)C.